The second kappa shape index (κ2) is 6.34. The number of halogens is 1. The van der Waals surface area contributed by atoms with Crippen LogP contribution in [-0.4, -0.2) is 23.6 Å². The number of ether oxygens (including phenoxy) is 1. The van der Waals surface area contributed by atoms with E-state index in [9.17, 15) is 9.90 Å². The van der Waals surface area contributed by atoms with E-state index in [1.807, 2.05) is 0 Å². The fourth-order valence-electron chi connectivity index (χ4n) is 2.24. The lowest BCUT2D eigenvalue weighted by Gasteiger charge is -2.22. The molecule has 1 aromatic carbocycles. The third kappa shape index (κ3) is 3.33. The van der Waals surface area contributed by atoms with Gasteiger partial charge in [-0.05, 0) is 53.4 Å². The van der Waals surface area contributed by atoms with Crippen LogP contribution >= 0.6 is 15.9 Å². The molecule has 1 aliphatic rings. The molecule has 1 fully saturated rings. The number of benzene rings is 1. The number of hydrogen-bond donors (Lipinski definition) is 1. The van der Waals surface area contributed by atoms with Crippen LogP contribution in [0.5, 0.6) is 5.75 Å². The molecule has 0 spiro atoms. The minimum atomic E-state index is -0.398. The van der Waals surface area contributed by atoms with E-state index in [4.69, 9.17) is 4.74 Å². The van der Waals surface area contributed by atoms with Gasteiger partial charge in [-0.15, -0.1) is 0 Å². The van der Waals surface area contributed by atoms with Crippen molar-refractivity contribution in [1.82, 2.24) is 0 Å². The number of rotatable bonds is 3. The maximum Gasteiger partial charge on any atom is 0.150 e. The van der Waals surface area contributed by atoms with Crippen LogP contribution in [0.3, 0.4) is 0 Å². The van der Waals surface area contributed by atoms with Crippen molar-refractivity contribution in [2.75, 3.05) is 0 Å². The lowest BCUT2D eigenvalue weighted by atomic mass is 10.1. The smallest absolute Gasteiger partial charge is 0.150 e. The van der Waals surface area contributed by atoms with Crippen molar-refractivity contribution in [3.8, 4) is 5.75 Å². The van der Waals surface area contributed by atoms with Gasteiger partial charge in [0.25, 0.3) is 0 Å². The molecular weight excluding hydrogens is 296 g/mol. The van der Waals surface area contributed by atoms with Crippen molar-refractivity contribution in [2.24, 2.45) is 0 Å². The molecule has 1 aliphatic carbocycles. The summed E-state index contributed by atoms with van der Waals surface area (Å²) in [4.78, 5) is 10.7. The third-order valence-corrected chi connectivity index (χ3v) is 3.91. The summed E-state index contributed by atoms with van der Waals surface area (Å²) in [7, 11) is 0. The molecule has 0 radical (unpaired) electrons. The molecule has 1 N–H and O–H groups in total. The quantitative estimate of drug-likeness (QED) is 0.688. The molecular formula is C14H17BrO3. The zero-order valence-electron chi connectivity index (χ0n) is 10.1. The average molecular weight is 313 g/mol. The first-order chi connectivity index (χ1) is 8.70. The Morgan fingerprint density at radius 1 is 1.28 bits per heavy atom. The first kappa shape index (κ1) is 13.6. The molecule has 2 atom stereocenters. The van der Waals surface area contributed by atoms with Gasteiger partial charge in [-0.2, -0.15) is 0 Å². The van der Waals surface area contributed by atoms with E-state index in [1.165, 1.54) is 0 Å². The van der Waals surface area contributed by atoms with Crippen LogP contribution in [0.15, 0.2) is 22.7 Å². The van der Waals surface area contributed by atoms with E-state index < -0.39 is 6.10 Å². The molecule has 0 saturated heterocycles. The number of carbonyl (C=O) groups is 1. The van der Waals surface area contributed by atoms with Gasteiger partial charge in [-0.3, -0.25) is 4.79 Å². The summed E-state index contributed by atoms with van der Waals surface area (Å²) in [5.41, 5.74) is 0.607. The van der Waals surface area contributed by atoms with Crippen molar-refractivity contribution in [3.05, 3.63) is 28.2 Å². The van der Waals surface area contributed by atoms with E-state index in [1.54, 1.807) is 18.2 Å². The van der Waals surface area contributed by atoms with E-state index in [0.717, 1.165) is 42.9 Å². The number of aliphatic hydroxyl groups excluding tert-OH is 1. The van der Waals surface area contributed by atoms with Crippen LogP contribution in [0, 0.1) is 0 Å². The highest BCUT2D eigenvalue weighted by Crippen LogP contribution is 2.29. The summed E-state index contributed by atoms with van der Waals surface area (Å²) in [6.07, 6.45) is 5.24. The lowest BCUT2D eigenvalue weighted by molar-refractivity contribution is 0.0315. The fraction of sp³-hybridized carbons (Fsp3) is 0.500. The predicted molar refractivity (Wildman–Crippen MR) is 73.0 cm³/mol. The van der Waals surface area contributed by atoms with Gasteiger partial charge in [0.05, 0.1) is 10.6 Å². The molecule has 0 bridgehead atoms. The largest absolute Gasteiger partial charge is 0.487 e. The van der Waals surface area contributed by atoms with Crippen molar-refractivity contribution < 1.29 is 14.6 Å². The molecule has 98 valence electrons. The summed E-state index contributed by atoms with van der Waals surface area (Å²) in [6, 6.07) is 5.22. The first-order valence-corrected chi connectivity index (χ1v) is 7.09. The Morgan fingerprint density at radius 3 is 2.78 bits per heavy atom. The molecule has 0 aliphatic heterocycles. The van der Waals surface area contributed by atoms with Gasteiger partial charge in [0.1, 0.15) is 18.1 Å². The Hall–Kier alpha value is -0.870. The molecule has 1 saturated carbocycles. The van der Waals surface area contributed by atoms with Gasteiger partial charge >= 0.3 is 0 Å². The van der Waals surface area contributed by atoms with Crippen LogP contribution in [-0.2, 0) is 0 Å². The highest BCUT2D eigenvalue weighted by Gasteiger charge is 2.23. The Balaban J connectivity index is 2.10. The molecule has 3 nitrogen and oxygen atoms in total. The topological polar surface area (TPSA) is 46.5 Å². The van der Waals surface area contributed by atoms with E-state index >= 15 is 0 Å². The van der Waals surface area contributed by atoms with E-state index in [2.05, 4.69) is 15.9 Å². The van der Waals surface area contributed by atoms with Crippen molar-refractivity contribution in [3.63, 3.8) is 0 Å². The van der Waals surface area contributed by atoms with E-state index in [-0.39, 0.29) is 6.10 Å². The lowest BCUT2D eigenvalue weighted by Crippen LogP contribution is -2.30. The maximum atomic E-state index is 10.7. The van der Waals surface area contributed by atoms with Crippen LogP contribution in [0.4, 0.5) is 0 Å². The Morgan fingerprint density at radius 2 is 2.06 bits per heavy atom. The highest BCUT2D eigenvalue weighted by molar-refractivity contribution is 9.10. The van der Waals surface area contributed by atoms with Crippen molar-refractivity contribution in [2.45, 2.75) is 44.3 Å². The Bertz CT molecular complexity index is 420. The standard InChI is InChI=1S/C14H17BrO3/c15-11-8-10(9-16)6-7-13(11)18-14-5-3-1-2-4-12(14)17/h6-9,12,14,17H,1-5H2. The first-order valence-electron chi connectivity index (χ1n) is 6.30. The van der Waals surface area contributed by atoms with Gasteiger partial charge in [-0.25, -0.2) is 0 Å². The highest BCUT2D eigenvalue weighted by atomic mass is 79.9. The molecule has 0 aromatic heterocycles. The summed E-state index contributed by atoms with van der Waals surface area (Å²) in [5, 5.41) is 10.0. The fourth-order valence-corrected chi connectivity index (χ4v) is 2.73. The minimum Gasteiger partial charge on any atom is -0.487 e. The van der Waals surface area contributed by atoms with Crippen LogP contribution in [0.1, 0.15) is 42.5 Å². The van der Waals surface area contributed by atoms with Crippen LogP contribution in [0.25, 0.3) is 0 Å². The second-order valence-corrected chi connectivity index (χ2v) is 5.52. The normalized spacial score (nSPS) is 24.3. The van der Waals surface area contributed by atoms with Gasteiger partial charge in [-0.1, -0.05) is 12.8 Å². The average Bonchev–Trinajstić information content (AvgIpc) is 2.57. The predicted octanol–water partition coefficient (Wildman–Crippen LogP) is 3.33. The summed E-state index contributed by atoms with van der Waals surface area (Å²) in [5.74, 6) is 0.687. The SMILES string of the molecule is O=Cc1ccc(OC2CCCCCC2O)c(Br)c1. The molecule has 0 amide bonds. The number of carbonyl (C=O) groups excluding carboxylic acids is 1. The van der Waals surface area contributed by atoms with E-state index in [0.29, 0.717) is 11.3 Å². The summed E-state index contributed by atoms with van der Waals surface area (Å²) >= 11 is 3.39. The summed E-state index contributed by atoms with van der Waals surface area (Å²) in [6.45, 7) is 0. The number of aliphatic hydroxyl groups is 1. The number of hydrogen-bond acceptors (Lipinski definition) is 3. The Kier molecular flexibility index (Phi) is 4.78. The minimum absolute atomic E-state index is 0.147. The van der Waals surface area contributed by atoms with Crippen LogP contribution in [0.2, 0.25) is 0 Å². The molecule has 2 unspecified atom stereocenters. The van der Waals surface area contributed by atoms with Gasteiger partial charge in [0.2, 0.25) is 0 Å². The molecule has 1 aromatic rings. The zero-order valence-corrected chi connectivity index (χ0v) is 11.7. The van der Waals surface area contributed by atoms with Gasteiger partial charge in [0, 0.05) is 5.56 Å². The molecule has 2 rings (SSSR count). The van der Waals surface area contributed by atoms with Crippen LogP contribution < -0.4 is 4.74 Å². The molecule has 4 heteroatoms. The van der Waals surface area contributed by atoms with Gasteiger partial charge in [0.15, 0.2) is 0 Å². The third-order valence-electron chi connectivity index (χ3n) is 3.29. The molecule has 18 heavy (non-hydrogen) atoms. The maximum absolute atomic E-state index is 10.7. The van der Waals surface area contributed by atoms with Gasteiger partial charge < -0.3 is 9.84 Å². The Labute approximate surface area is 115 Å². The summed E-state index contributed by atoms with van der Waals surface area (Å²) < 4.78 is 6.62. The molecule has 0 heterocycles. The zero-order chi connectivity index (χ0) is 13.0. The number of aldehydes is 1. The van der Waals surface area contributed by atoms with Crippen molar-refractivity contribution >= 4 is 22.2 Å². The monoisotopic (exact) mass is 312 g/mol. The second-order valence-electron chi connectivity index (χ2n) is 4.67. The van der Waals surface area contributed by atoms with Crippen molar-refractivity contribution in [1.29, 1.82) is 0 Å².